The summed E-state index contributed by atoms with van der Waals surface area (Å²) < 4.78 is 0. The third-order valence-electron chi connectivity index (χ3n) is 4.89. The maximum Gasteiger partial charge on any atom is 0.255 e. The Kier molecular flexibility index (Phi) is 3.80. The summed E-state index contributed by atoms with van der Waals surface area (Å²) in [4.78, 5) is 20.5. The van der Waals surface area contributed by atoms with Gasteiger partial charge in [0.1, 0.15) is 11.4 Å². The molecule has 0 bridgehead atoms. The molecule has 5 rings (SSSR count). The van der Waals surface area contributed by atoms with Crippen LogP contribution in [0.1, 0.15) is 15.9 Å². The van der Waals surface area contributed by atoms with Gasteiger partial charge in [-0.1, -0.05) is 12.1 Å². The van der Waals surface area contributed by atoms with Crippen LogP contribution in [0.25, 0.3) is 33.5 Å². The Bertz CT molecular complexity index is 1350. The molecule has 4 N–H and O–H groups in total. The van der Waals surface area contributed by atoms with Crippen molar-refractivity contribution < 1.29 is 9.90 Å². The molecular weight excluding hydrogens is 366 g/mol. The quantitative estimate of drug-likeness (QED) is 0.347. The summed E-state index contributed by atoms with van der Waals surface area (Å²) in [5.41, 5.74) is 5.09. The van der Waals surface area contributed by atoms with E-state index in [-0.39, 0.29) is 11.7 Å². The highest BCUT2D eigenvalue weighted by Gasteiger charge is 2.15. The third kappa shape index (κ3) is 2.98. The predicted octanol–water partition coefficient (Wildman–Crippen LogP) is 4.37. The smallest absolute Gasteiger partial charge is 0.255 e. The number of phenolic OH excluding ortho intramolecular Hbond substituents is 1. The molecule has 0 unspecified atom stereocenters. The number of nitrogens with zero attached hydrogens (tertiary/aromatic N) is 2. The van der Waals surface area contributed by atoms with Crippen LogP contribution >= 0.6 is 0 Å². The number of aromatic hydroxyl groups is 1. The zero-order chi connectivity index (χ0) is 20.0. The van der Waals surface area contributed by atoms with Crippen molar-refractivity contribution in [2.45, 2.75) is 6.92 Å². The van der Waals surface area contributed by atoms with Gasteiger partial charge in [0.15, 0.2) is 5.82 Å². The molecule has 0 atom stereocenters. The van der Waals surface area contributed by atoms with Crippen molar-refractivity contribution in [1.82, 2.24) is 20.2 Å². The summed E-state index contributed by atoms with van der Waals surface area (Å²) >= 11 is 0. The molecule has 2 aromatic heterocycles. The lowest BCUT2D eigenvalue weighted by molar-refractivity contribution is 0.102. The van der Waals surface area contributed by atoms with Gasteiger partial charge in [-0.2, -0.15) is 5.10 Å². The Morgan fingerprint density at radius 2 is 1.90 bits per heavy atom. The first kappa shape index (κ1) is 17.0. The average molecular weight is 383 g/mol. The van der Waals surface area contributed by atoms with Crippen LogP contribution in [-0.4, -0.2) is 31.2 Å². The van der Waals surface area contributed by atoms with E-state index in [1.807, 2.05) is 30.3 Å². The summed E-state index contributed by atoms with van der Waals surface area (Å²) in [5.74, 6) is 0.631. The molecule has 0 radical (unpaired) electrons. The highest BCUT2D eigenvalue weighted by Crippen LogP contribution is 2.27. The topological polar surface area (TPSA) is 107 Å². The zero-order valence-electron chi connectivity index (χ0n) is 15.5. The number of anilines is 1. The number of hydrogen-bond acceptors (Lipinski definition) is 4. The van der Waals surface area contributed by atoms with Gasteiger partial charge < -0.3 is 15.4 Å². The van der Waals surface area contributed by atoms with Gasteiger partial charge in [0, 0.05) is 16.6 Å². The molecule has 0 saturated carbocycles. The first-order chi connectivity index (χ1) is 14.1. The van der Waals surface area contributed by atoms with Crippen molar-refractivity contribution in [2.75, 3.05) is 5.32 Å². The van der Waals surface area contributed by atoms with Gasteiger partial charge in [0.25, 0.3) is 5.91 Å². The third-order valence-corrected chi connectivity index (χ3v) is 4.89. The number of carbonyl (C=O) groups is 1. The molecule has 0 spiro atoms. The molecule has 0 aliphatic carbocycles. The number of para-hydroxylation sites is 2. The minimum Gasteiger partial charge on any atom is -0.508 e. The van der Waals surface area contributed by atoms with E-state index in [0.29, 0.717) is 28.3 Å². The van der Waals surface area contributed by atoms with E-state index in [2.05, 4.69) is 25.5 Å². The largest absolute Gasteiger partial charge is 0.508 e. The highest BCUT2D eigenvalue weighted by molar-refractivity contribution is 6.07. The number of imidazole rings is 1. The van der Waals surface area contributed by atoms with Gasteiger partial charge in [-0.25, -0.2) is 4.98 Å². The van der Waals surface area contributed by atoms with Crippen LogP contribution in [0, 0.1) is 6.92 Å². The zero-order valence-corrected chi connectivity index (χ0v) is 15.5. The van der Waals surface area contributed by atoms with Crippen LogP contribution in [-0.2, 0) is 0 Å². The molecule has 2 heterocycles. The lowest BCUT2D eigenvalue weighted by atomic mass is 10.1. The fourth-order valence-electron chi connectivity index (χ4n) is 3.34. The fraction of sp³-hybridized carbons (Fsp3) is 0.0455. The molecule has 0 saturated heterocycles. The molecule has 3 aromatic carbocycles. The molecule has 142 valence electrons. The Hall–Kier alpha value is -4.13. The molecule has 29 heavy (non-hydrogen) atoms. The van der Waals surface area contributed by atoms with Crippen molar-refractivity contribution in [2.24, 2.45) is 0 Å². The van der Waals surface area contributed by atoms with Crippen LogP contribution in [0.5, 0.6) is 5.75 Å². The van der Waals surface area contributed by atoms with E-state index in [0.717, 1.165) is 21.9 Å². The predicted molar refractivity (Wildman–Crippen MR) is 112 cm³/mol. The molecule has 0 aliphatic heterocycles. The summed E-state index contributed by atoms with van der Waals surface area (Å²) in [6.07, 6.45) is 0. The maximum atomic E-state index is 12.6. The number of nitrogens with one attached hydrogen (secondary N) is 3. The van der Waals surface area contributed by atoms with Crippen molar-refractivity contribution in [1.29, 1.82) is 0 Å². The van der Waals surface area contributed by atoms with Gasteiger partial charge in [-0.05, 0) is 61.0 Å². The summed E-state index contributed by atoms with van der Waals surface area (Å²) in [6, 6.07) is 18.1. The van der Waals surface area contributed by atoms with Gasteiger partial charge in [0.05, 0.1) is 16.6 Å². The van der Waals surface area contributed by atoms with Gasteiger partial charge >= 0.3 is 0 Å². The average Bonchev–Trinajstić information content (AvgIpc) is 3.33. The summed E-state index contributed by atoms with van der Waals surface area (Å²) in [5, 5.41) is 20.7. The molecule has 7 nitrogen and oxygen atoms in total. The minimum atomic E-state index is -0.239. The van der Waals surface area contributed by atoms with E-state index in [1.165, 1.54) is 0 Å². The molecule has 1 amide bonds. The van der Waals surface area contributed by atoms with Crippen LogP contribution < -0.4 is 5.32 Å². The number of phenols is 1. The fourth-order valence-corrected chi connectivity index (χ4v) is 3.34. The second-order valence-electron chi connectivity index (χ2n) is 6.89. The lowest BCUT2D eigenvalue weighted by Gasteiger charge is -2.07. The van der Waals surface area contributed by atoms with Crippen LogP contribution in [0.3, 0.4) is 0 Å². The van der Waals surface area contributed by atoms with E-state index in [9.17, 15) is 9.90 Å². The van der Waals surface area contributed by atoms with E-state index >= 15 is 0 Å². The number of amides is 1. The maximum absolute atomic E-state index is 12.6. The normalized spacial score (nSPS) is 11.2. The van der Waals surface area contributed by atoms with Gasteiger partial charge in [-0.15, -0.1) is 0 Å². The molecule has 7 heteroatoms. The Labute approximate surface area is 165 Å². The van der Waals surface area contributed by atoms with E-state index < -0.39 is 0 Å². The van der Waals surface area contributed by atoms with E-state index in [1.54, 1.807) is 37.3 Å². The number of hydrogen-bond donors (Lipinski definition) is 4. The van der Waals surface area contributed by atoms with Crippen molar-refractivity contribution in [3.8, 4) is 17.3 Å². The SMILES string of the molecule is Cc1cc(NC(=O)c2ccc3c(-c4nc5ccccc5[nH]4)n[nH]c3c2)ccc1O. The summed E-state index contributed by atoms with van der Waals surface area (Å²) in [6.45, 7) is 1.78. The Balaban J connectivity index is 1.46. The standard InChI is InChI=1S/C22H17N5O2/c1-12-10-14(7-9-19(12)28)23-22(29)13-6-8-15-18(11-13)26-27-20(15)21-24-16-4-2-3-5-17(16)25-21/h2-11,28H,1H3,(H,23,29)(H,24,25)(H,26,27). The Morgan fingerprint density at radius 1 is 1.03 bits per heavy atom. The Morgan fingerprint density at radius 3 is 2.72 bits per heavy atom. The second kappa shape index (κ2) is 6.49. The van der Waals surface area contributed by atoms with Crippen LogP contribution in [0.15, 0.2) is 60.7 Å². The van der Waals surface area contributed by atoms with Gasteiger partial charge in [0.2, 0.25) is 0 Å². The van der Waals surface area contributed by atoms with Crippen LogP contribution in [0.2, 0.25) is 0 Å². The number of carbonyl (C=O) groups excluding carboxylic acids is 1. The number of benzene rings is 3. The lowest BCUT2D eigenvalue weighted by Crippen LogP contribution is -2.11. The molecular formula is C22H17N5O2. The van der Waals surface area contributed by atoms with Crippen molar-refractivity contribution in [3.63, 3.8) is 0 Å². The van der Waals surface area contributed by atoms with E-state index in [4.69, 9.17) is 0 Å². The van der Waals surface area contributed by atoms with Crippen LogP contribution in [0.4, 0.5) is 5.69 Å². The highest BCUT2D eigenvalue weighted by atomic mass is 16.3. The minimum absolute atomic E-state index is 0.194. The van der Waals surface area contributed by atoms with Crippen molar-refractivity contribution >= 4 is 33.5 Å². The van der Waals surface area contributed by atoms with Crippen molar-refractivity contribution in [3.05, 3.63) is 71.8 Å². The second-order valence-corrected chi connectivity index (χ2v) is 6.89. The summed E-state index contributed by atoms with van der Waals surface area (Å²) in [7, 11) is 0. The molecule has 0 aliphatic rings. The first-order valence-corrected chi connectivity index (χ1v) is 9.13. The number of aromatic nitrogens is 4. The number of H-pyrrole nitrogens is 2. The molecule has 0 fully saturated rings. The number of aryl methyl sites for hydroxylation is 1. The number of fused-ring (bicyclic) bond motifs is 2. The first-order valence-electron chi connectivity index (χ1n) is 9.13. The number of aromatic amines is 2. The monoisotopic (exact) mass is 383 g/mol. The van der Waals surface area contributed by atoms with Gasteiger partial charge in [-0.3, -0.25) is 9.89 Å². The number of rotatable bonds is 3. The molecule has 5 aromatic rings.